The van der Waals surface area contributed by atoms with E-state index in [2.05, 4.69) is 32.7 Å². The van der Waals surface area contributed by atoms with Crippen molar-refractivity contribution in [1.82, 2.24) is 25.4 Å². The van der Waals surface area contributed by atoms with Gasteiger partial charge in [0.15, 0.2) is 5.96 Å². The van der Waals surface area contributed by atoms with E-state index in [1.807, 2.05) is 4.57 Å². The molecule has 0 radical (unpaired) electrons. The van der Waals surface area contributed by atoms with Crippen LogP contribution in [0.1, 0.15) is 26.2 Å². The zero-order valence-electron chi connectivity index (χ0n) is 14.7. The van der Waals surface area contributed by atoms with Crippen LogP contribution < -0.4 is 10.6 Å². The third kappa shape index (κ3) is 12.5. The molecule has 0 saturated carbocycles. The minimum Gasteiger partial charge on any atom is -0.382 e. The molecule has 9 heteroatoms. The fourth-order valence-corrected chi connectivity index (χ4v) is 1.91. The number of rotatable bonds is 13. The van der Waals surface area contributed by atoms with Crippen molar-refractivity contribution in [2.75, 3.05) is 46.6 Å². The Balaban J connectivity index is 0.00000529. The highest BCUT2D eigenvalue weighted by molar-refractivity contribution is 14.0. The quantitative estimate of drug-likeness (QED) is 0.202. The van der Waals surface area contributed by atoms with E-state index in [9.17, 15) is 0 Å². The molecule has 1 aromatic heterocycles. The molecule has 0 unspecified atom stereocenters. The summed E-state index contributed by atoms with van der Waals surface area (Å²) in [5, 5.41) is 14.2. The van der Waals surface area contributed by atoms with E-state index in [4.69, 9.17) is 9.47 Å². The average molecular weight is 454 g/mol. The van der Waals surface area contributed by atoms with Crippen LogP contribution in [0.3, 0.4) is 0 Å². The summed E-state index contributed by atoms with van der Waals surface area (Å²) in [5.74, 6) is 0.869. The van der Waals surface area contributed by atoms with Gasteiger partial charge in [0, 0.05) is 39.9 Å². The molecule has 0 fully saturated rings. The highest BCUT2D eigenvalue weighted by Gasteiger charge is 1.97. The van der Waals surface area contributed by atoms with Crippen molar-refractivity contribution in [3.8, 4) is 0 Å². The number of unbranched alkanes of at least 4 members (excludes halogenated alkanes) is 1. The van der Waals surface area contributed by atoms with Crippen molar-refractivity contribution in [2.45, 2.75) is 32.7 Å². The molecule has 1 aromatic rings. The number of aryl methyl sites for hydroxylation is 1. The van der Waals surface area contributed by atoms with E-state index in [-0.39, 0.29) is 24.0 Å². The second-order valence-electron chi connectivity index (χ2n) is 5.05. The fourth-order valence-electron chi connectivity index (χ4n) is 1.91. The molecule has 0 amide bonds. The van der Waals surface area contributed by atoms with Crippen molar-refractivity contribution in [2.24, 2.45) is 4.99 Å². The number of nitrogens with zero attached hydrogens (tertiary/aromatic N) is 4. The Morgan fingerprint density at radius 3 is 2.58 bits per heavy atom. The van der Waals surface area contributed by atoms with Crippen LogP contribution >= 0.6 is 24.0 Å². The van der Waals surface area contributed by atoms with Gasteiger partial charge in [0.1, 0.15) is 12.7 Å². The molecule has 0 bridgehead atoms. The number of aliphatic imine (C=N–C) groups is 1. The third-order valence-electron chi connectivity index (χ3n) is 3.09. The van der Waals surface area contributed by atoms with Crippen molar-refractivity contribution in [3.05, 3.63) is 12.7 Å². The smallest absolute Gasteiger partial charge is 0.191 e. The second-order valence-corrected chi connectivity index (χ2v) is 5.05. The maximum atomic E-state index is 5.42. The minimum atomic E-state index is 0. The van der Waals surface area contributed by atoms with Gasteiger partial charge >= 0.3 is 0 Å². The third-order valence-corrected chi connectivity index (χ3v) is 3.09. The first-order valence-corrected chi connectivity index (χ1v) is 8.28. The SMILES string of the molecule is CCNC(=NCCCOCCOC)NCCCCn1cnnc1.I. The van der Waals surface area contributed by atoms with Crippen molar-refractivity contribution < 1.29 is 9.47 Å². The topological polar surface area (TPSA) is 85.6 Å². The van der Waals surface area contributed by atoms with E-state index >= 15 is 0 Å². The van der Waals surface area contributed by atoms with E-state index in [1.54, 1.807) is 19.8 Å². The molecule has 0 spiro atoms. The number of hydrogen-bond acceptors (Lipinski definition) is 5. The summed E-state index contributed by atoms with van der Waals surface area (Å²) in [6, 6.07) is 0. The summed E-state index contributed by atoms with van der Waals surface area (Å²) in [6.07, 6.45) is 6.55. The highest BCUT2D eigenvalue weighted by atomic mass is 127. The number of guanidine groups is 1. The molecular formula is C15H31IN6O2. The largest absolute Gasteiger partial charge is 0.382 e. The minimum absolute atomic E-state index is 0. The van der Waals surface area contributed by atoms with Gasteiger partial charge < -0.3 is 24.7 Å². The monoisotopic (exact) mass is 454 g/mol. The summed E-state index contributed by atoms with van der Waals surface area (Å²) in [7, 11) is 1.67. The molecule has 0 aliphatic heterocycles. The number of nitrogens with one attached hydrogen (secondary N) is 2. The molecule has 0 aromatic carbocycles. The standard InChI is InChI=1S/C15H30N6O2.HI/c1-3-16-15(18-8-6-10-23-12-11-22-2)17-7-4-5-9-21-13-19-20-14-21;/h13-14H,3-12H2,1-2H3,(H2,16,17,18);1H. The van der Waals surface area contributed by atoms with Crippen LogP contribution in [-0.4, -0.2) is 67.3 Å². The first kappa shape index (κ1) is 23.1. The Labute approximate surface area is 161 Å². The van der Waals surface area contributed by atoms with Gasteiger partial charge in [-0.3, -0.25) is 4.99 Å². The Morgan fingerprint density at radius 1 is 1.08 bits per heavy atom. The van der Waals surface area contributed by atoms with Gasteiger partial charge in [0.25, 0.3) is 0 Å². The maximum Gasteiger partial charge on any atom is 0.191 e. The van der Waals surface area contributed by atoms with Gasteiger partial charge in [0.05, 0.1) is 13.2 Å². The Morgan fingerprint density at radius 2 is 1.88 bits per heavy atom. The summed E-state index contributed by atoms with van der Waals surface area (Å²) < 4.78 is 12.3. The summed E-state index contributed by atoms with van der Waals surface area (Å²) in [5.41, 5.74) is 0. The molecule has 1 rings (SSSR count). The highest BCUT2D eigenvalue weighted by Crippen LogP contribution is 1.93. The van der Waals surface area contributed by atoms with Crippen LogP contribution in [0, 0.1) is 0 Å². The molecule has 0 saturated heterocycles. The van der Waals surface area contributed by atoms with E-state index in [0.29, 0.717) is 19.8 Å². The average Bonchev–Trinajstić information content (AvgIpc) is 3.07. The Hall–Kier alpha value is -0.940. The van der Waals surface area contributed by atoms with Crippen molar-refractivity contribution in [1.29, 1.82) is 0 Å². The summed E-state index contributed by atoms with van der Waals surface area (Å²) in [4.78, 5) is 4.54. The zero-order chi connectivity index (χ0) is 16.6. The number of ether oxygens (including phenoxy) is 2. The van der Waals surface area contributed by atoms with Crippen molar-refractivity contribution >= 4 is 29.9 Å². The Bertz CT molecular complexity index is 403. The van der Waals surface area contributed by atoms with Gasteiger partial charge in [0.2, 0.25) is 0 Å². The van der Waals surface area contributed by atoms with Gasteiger partial charge in [-0.25, -0.2) is 0 Å². The van der Waals surface area contributed by atoms with Crippen LogP contribution in [-0.2, 0) is 16.0 Å². The molecule has 0 aliphatic rings. The lowest BCUT2D eigenvalue weighted by molar-refractivity contribution is 0.0702. The lowest BCUT2D eigenvalue weighted by Gasteiger charge is -2.11. The second kappa shape index (κ2) is 16.9. The normalized spacial score (nSPS) is 11.2. The number of methoxy groups -OCH3 is 1. The molecule has 140 valence electrons. The predicted molar refractivity (Wildman–Crippen MR) is 106 cm³/mol. The number of halogens is 1. The number of hydrogen-bond donors (Lipinski definition) is 2. The van der Waals surface area contributed by atoms with Crippen LogP contribution in [0.4, 0.5) is 0 Å². The molecule has 24 heavy (non-hydrogen) atoms. The molecule has 2 N–H and O–H groups in total. The first-order chi connectivity index (χ1) is 11.4. The first-order valence-electron chi connectivity index (χ1n) is 8.28. The lowest BCUT2D eigenvalue weighted by atomic mass is 10.3. The maximum absolute atomic E-state index is 5.42. The van der Waals surface area contributed by atoms with Crippen molar-refractivity contribution in [3.63, 3.8) is 0 Å². The Kier molecular flexibility index (Phi) is 16.2. The zero-order valence-corrected chi connectivity index (χ0v) is 17.1. The molecule has 0 aliphatic carbocycles. The lowest BCUT2D eigenvalue weighted by Crippen LogP contribution is -2.38. The van der Waals surface area contributed by atoms with Gasteiger partial charge in [-0.15, -0.1) is 34.2 Å². The summed E-state index contributed by atoms with van der Waals surface area (Å²) >= 11 is 0. The van der Waals surface area contributed by atoms with E-state index in [1.165, 1.54) is 0 Å². The van der Waals surface area contributed by atoms with Crippen LogP contribution in [0.15, 0.2) is 17.6 Å². The molecular weight excluding hydrogens is 423 g/mol. The molecule has 0 atom stereocenters. The van der Waals surface area contributed by atoms with Crippen LogP contribution in [0.5, 0.6) is 0 Å². The molecule has 8 nitrogen and oxygen atoms in total. The molecule has 1 heterocycles. The van der Waals surface area contributed by atoms with Gasteiger partial charge in [-0.2, -0.15) is 0 Å². The van der Waals surface area contributed by atoms with Gasteiger partial charge in [-0.1, -0.05) is 0 Å². The van der Waals surface area contributed by atoms with Gasteiger partial charge in [-0.05, 0) is 26.2 Å². The van der Waals surface area contributed by atoms with Crippen LogP contribution in [0.2, 0.25) is 0 Å². The van der Waals surface area contributed by atoms with Crippen LogP contribution in [0.25, 0.3) is 0 Å². The van der Waals surface area contributed by atoms with E-state index < -0.39 is 0 Å². The van der Waals surface area contributed by atoms with E-state index in [0.717, 1.165) is 51.4 Å². The predicted octanol–water partition coefficient (Wildman–Crippen LogP) is 1.28. The fraction of sp³-hybridized carbons (Fsp3) is 0.800. The number of aromatic nitrogens is 3. The summed E-state index contributed by atoms with van der Waals surface area (Å²) in [6.45, 7) is 7.52.